The van der Waals surface area contributed by atoms with Crippen molar-refractivity contribution in [1.82, 2.24) is 50.8 Å². The van der Waals surface area contributed by atoms with Crippen LogP contribution in [0.5, 0.6) is 0 Å². The van der Waals surface area contributed by atoms with Crippen molar-refractivity contribution in [3.05, 3.63) is 183 Å². The monoisotopic (exact) mass is 1320 g/mol. The molecule has 320 valence electrons. The molecule has 2 heterocycles. The molecule has 0 unspecified atom stereocenters. The van der Waals surface area contributed by atoms with Crippen LogP contribution in [0.1, 0.15) is 0 Å². The summed E-state index contributed by atoms with van der Waals surface area (Å²) in [4.78, 5) is 25.3. The molecule has 0 aliphatic rings. The molecular weight excluding hydrogens is 1280 g/mol. The van der Waals surface area contributed by atoms with Gasteiger partial charge in [-0.25, -0.2) is 0 Å². The zero-order chi connectivity index (χ0) is 43.4. The van der Waals surface area contributed by atoms with Crippen molar-refractivity contribution >= 4 is 122 Å². The van der Waals surface area contributed by atoms with E-state index in [9.17, 15) is 9.59 Å². The molecule has 0 aliphatic heterocycles. The number of hydrogen-bond acceptors (Lipinski definition) is 10. The summed E-state index contributed by atoms with van der Waals surface area (Å²) >= 11 is 14.4. The van der Waals surface area contributed by atoms with Gasteiger partial charge in [-0.2, -0.15) is 0 Å². The van der Waals surface area contributed by atoms with Gasteiger partial charge in [0.25, 0.3) is 0 Å². The molecule has 0 aliphatic carbocycles. The first-order valence-corrected chi connectivity index (χ1v) is 29.1. The summed E-state index contributed by atoms with van der Waals surface area (Å²) in [7, 11) is 0. The summed E-state index contributed by atoms with van der Waals surface area (Å²) < 4.78 is -0.727. The van der Waals surface area contributed by atoms with Crippen molar-refractivity contribution < 1.29 is 32.0 Å². The number of anilines is 2. The third kappa shape index (κ3) is 12.5. The van der Waals surface area contributed by atoms with Gasteiger partial charge < -0.3 is 0 Å². The Bertz CT molecular complexity index is 2580. The smallest absolute Gasteiger partial charge is 3.00 e. The van der Waals surface area contributed by atoms with E-state index in [1.165, 1.54) is 0 Å². The summed E-state index contributed by atoms with van der Waals surface area (Å²) in [6.45, 7) is 0. The van der Waals surface area contributed by atoms with Crippen LogP contribution < -0.4 is 53.1 Å². The minimum absolute atomic E-state index is 0. The van der Waals surface area contributed by atoms with Gasteiger partial charge in [0.15, 0.2) is 0 Å². The second kappa shape index (κ2) is 23.0. The molecule has 0 atom stereocenters. The molecule has 63 heavy (non-hydrogen) atoms. The molecule has 0 bridgehead atoms. The first-order chi connectivity index (χ1) is 30.1. The zero-order valence-electron chi connectivity index (χ0n) is 32.6. The van der Waals surface area contributed by atoms with Gasteiger partial charge >= 0.3 is 419 Å². The van der Waals surface area contributed by atoms with Crippen molar-refractivity contribution in [2.45, 2.75) is 10.3 Å². The van der Waals surface area contributed by atoms with Crippen LogP contribution in [0.25, 0.3) is 11.4 Å². The summed E-state index contributed by atoms with van der Waals surface area (Å²) in [6, 6.07) is 54.5. The Balaban J connectivity index is 0.000000206. The first-order valence-electron chi connectivity index (χ1n) is 18.6. The van der Waals surface area contributed by atoms with Crippen molar-refractivity contribution in [3.63, 3.8) is 0 Å². The van der Waals surface area contributed by atoms with E-state index >= 15 is 0 Å². The van der Waals surface area contributed by atoms with Crippen LogP contribution in [0.3, 0.4) is 0 Å². The van der Waals surface area contributed by atoms with Crippen LogP contribution in [0.15, 0.2) is 193 Å². The van der Waals surface area contributed by atoms with Gasteiger partial charge in [-0.15, -0.1) is 0 Å². The number of carbonyl (C=O) groups excluding carboxylic acids is 2. The van der Waals surface area contributed by atoms with Crippen molar-refractivity contribution in [2.24, 2.45) is 0 Å². The number of rotatable bonds is 12. The predicted octanol–water partition coefficient (Wildman–Crippen LogP) is 4.93. The van der Waals surface area contributed by atoms with Gasteiger partial charge in [-0.3, -0.25) is 0 Å². The van der Waals surface area contributed by atoms with Crippen molar-refractivity contribution in [2.75, 3.05) is 10.6 Å². The molecular formula is C42H36AuN12O2P2S2Te2+. The van der Waals surface area contributed by atoms with Crippen LogP contribution in [-0.4, -0.2) is 84.1 Å². The third-order valence-corrected chi connectivity index (χ3v) is 23.2. The molecule has 2 aromatic heterocycles. The fourth-order valence-electron chi connectivity index (χ4n) is 5.96. The minimum Gasteiger partial charge on any atom is 3.00 e. The Hall–Kier alpha value is -4.32. The van der Waals surface area contributed by atoms with Crippen LogP contribution in [0.2, 0.25) is 0 Å². The van der Waals surface area contributed by atoms with E-state index in [2.05, 4.69) is 101 Å². The fourth-order valence-corrected chi connectivity index (χ4v) is 15.3. The maximum Gasteiger partial charge on any atom is 3.00 e. The minimum atomic E-state index is -2.03. The molecule has 6 aromatic carbocycles. The molecule has 8 rings (SSSR count). The maximum absolute atomic E-state index is 12.7. The van der Waals surface area contributed by atoms with Gasteiger partial charge in [0.2, 0.25) is 0 Å². The predicted molar refractivity (Wildman–Crippen MR) is 254 cm³/mol. The van der Waals surface area contributed by atoms with Gasteiger partial charge in [0.1, 0.15) is 0 Å². The summed E-state index contributed by atoms with van der Waals surface area (Å²) in [5.74, 6) is 0. The van der Waals surface area contributed by atoms with E-state index in [1.807, 2.05) is 152 Å². The first kappa shape index (κ1) is 48.1. The Morgan fingerprint density at radius 1 is 0.476 bits per heavy atom. The largest absolute Gasteiger partial charge is 3.00 e. The molecule has 0 saturated carbocycles. The molecule has 8 aromatic rings. The van der Waals surface area contributed by atoms with E-state index < -0.39 is 9.28 Å². The number of amides is 4. The van der Waals surface area contributed by atoms with Crippen LogP contribution in [-0.2, 0) is 47.6 Å². The molecule has 4 amide bonds. The number of hydrogen-bond donors (Lipinski definition) is 6. The normalized spacial score (nSPS) is 10.9. The van der Waals surface area contributed by atoms with Gasteiger partial charge in [-0.05, 0) is 0 Å². The average molecular weight is 1320 g/mol. The Kier molecular flexibility index (Phi) is 17.6. The number of benzene rings is 6. The Morgan fingerprint density at radius 3 is 1.08 bits per heavy atom. The molecule has 0 fully saturated rings. The number of aromatic nitrogens is 6. The average Bonchev–Trinajstić information content (AvgIpc) is 3.96. The molecule has 21 heteroatoms. The quantitative estimate of drug-likeness (QED) is 0.0428. The molecule has 6 N–H and O–H groups in total. The fraction of sp³-hybridized carbons (Fsp3) is 0. The number of nitrogens with one attached hydrogen (secondary N) is 6. The van der Waals surface area contributed by atoms with E-state index in [-0.39, 0.29) is 34.4 Å². The van der Waals surface area contributed by atoms with E-state index in [1.54, 1.807) is 33.9 Å². The van der Waals surface area contributed by atoms with Crippen LogP contribution in [0, 0.1) is 0 Å². The third-order valence-electron chi connectivity index (χ3n) is 8.93. The summed E-state index contributed by atoms with van der Waals surface area (Å²) in [6.07, 6.45) is 3.08. The van der Waals surface area contributed by atoms with E-state index in [0.29, 0.717) is 21.7 Å². The van der Waals surface area contributed by atoms with Gasteiger partial charge in [0.05, 0.1) is 0 Å². The number of nitrogens with zero attached hydrogens (tertiary/aromatic N) is 6. The van der Waals surface area contributed by atoms with Crippen LogP contribution in [0.4, 0.5) is 21.0 Å². The van der Waals surface area contributed by atoms with Gasteiger partial charge in [-0.1, -0.05) is 0 Å². The molecule has 14 nitrogen and oxygen atoms in total. The second-order valence-electron chi connectivity index (χ2n) is 13.0. The molecule has 0 radical (unpaired) electrons. The Morgan fingerprint density at radius 2 is 0.794 bits per heavy atom. The summed E-state index contributed by atoms with van der Waals surface area (Å²) in [5, 5.41) is 32.9. The zero-order valence-corrected chi connectivity index (χ0v) is 42.9. The second-order valence-corrected chi connectivity index (χ2v) is 28.1. The van der Waals surface area contributed by atoms with Crippen molar-refractivity contribution in [3.8, 4) is 11.4 Å². The molecule has 0 saturated heterocycles. The molecule has 0 spiro atoms. The van der Waals surface area contributed by atoms with E-state index in [4.69, 9.17) is 25.3 Å². The summed E-state index contributed by atoms with van der Waals surface area (Å²) in [5.41, 5.74) is 8.46. The van der Waals surface area contributed by atoms with Crippen LogP contribution >= 0.6 is 9.28 Å². The number of urea groups is 2. The number of hydrazine groups is 2. The topological polar surface area (TPSA) is 168 Å². The van der Waals surface area contributed by atoms with E-state index in [0.717, 1.165) is 32.6 Å². The SMILES string of the molecule is O=C(NNP(=[Te])(c1ccccc1)c1ccccc1)Nc1cccc(-n2cnnc2[S-])c1.O=C(NNP(=[Te])(c1ccccc1)c1ccccc1)Nc1cccc(-n2cnnc2[S-])c1.[Au+3]. The maximum atomic E-state index is 12.7. The van der Waals surface area contributed by atoms with Gasteiger partial charge in [0, 0.05) is 0 Å². The van der Waals surface area contributed by atoms with Crippen molar-refractivity contribution in [1.29, 1.82) is 0 Å². The Labute approximate surface area is 415 Å². The number of carbonyl (C=O) groups is 2. The standard InChI is InChI=1S/2C21H19N6OPSTe.Au/c2*28-20(23-16-8-7-9-17(14-16)27-15-22-25-21(27)30)24-26-29(31,18-10-3-1-4-11-18)19-12-5-2-6-13-19;/h2*1-15H,(H,25,30)(H,26,31)(H2,23,24,28);/q;;+3/p-2.